The molecule has 1 aliphatic carbocycles. The van der Waals surface area contributed by atoms with Gasteiger partial charge in [0.2, 0.25) is 0 Å². The van der Waals surface area contributed by atoms with Gasteiger partial charge in [-0.2, -0.15) is 0 Å². The van der Waals surface area contributed by atoms with E-state index in [1.807, 2.05) is 48.5 Å². The molecule has 3 aromatic rings. The van der Waals surface area contributed by atoms with Crippen LogP contribution in [0.5, 0.6) is 0 Å². The van der Waals surface area contributed by atoms with E-state index >= 15 is 0 Å². The molecule has 0 radical (unpaired) electrons. The number of benzene rings is 2. The average Bonchev–Trinajstić information content (AvgIpc) is 2.99. The van der Waals surface area contributed by atoms with Crippen LogP contribution in [0.25, 0.3) is 16.2 Å². The summed E-state index contributed by atoms with van der Waals surface area (Å²) in [6.07, 6.45) is 2.77. The lowest BCUT2D eigenvalue weighted by Crippen LogP contribution is -1.93. The van der Waals surface area contributed by atoms with Gasteiger partial charge in [0.05, 0.1) is 4.88 Å². The molecule has 0 saturated carbocycles. The number of carbonyl (C=O) groups is 1. The van der Waals surface area contributed by atoms with Crippen molar-refractivity contribution >= 4 is 33.3 Å². The number of hydrogen-bond donors (Lipinski definition) is 0. The van der Waals surface area contributed by atoms with Crippen LogP contribution in [-0.2, 0) is 6.42 Å². The average molecular weight is 276 g/mol. The standard InChI is InChI=1S/C18H12OS/c19-17-13(10-12-6-2-1-3-7-12)11-15-14-8-4-5-9-16(14)20-18(15)17/h1-10H,11H2/b13-10+. The first kappa shape index (κ1) is 11.6. The lowest BCUT2D eigenvalue weighted by molar-refractivity contribution is 0.104. The second kappa shape index (κ2) is 4.43. The fraction of sp³-hybridized carbons (Fsp3) is 0.0556. The molecule has 1 heterocycles. The monoisotopic (exact) mass is 276 g/mol. The van der Waals surface area contributed by atoms with Crippen molar-refractivity contribution in [1.29, 1.82) is 0 Å². The number of thiophene rings is 1. The highest BCUT2D eigenvalue weighted by Gasteiger charge is 2.28. The summed E-state index contributed by atoms with van der Waals surface area (Å²) in [5, 5.41) is 1.23. The summed E-state index contributed by atoms with van der Waals surface area (Å²) in [4.78, 5) is 13.4. The number of allylic oxidation sites excluding steroid dienone is 1. The topological polar surface area (TPSA) is 17.1 Å². The summed E-state index contributed by atoms with van der Waals surface area (Å²) < 4.78 is 1.21. The Morgan fingerprint density at radius 3 is 2.55 bits per heavy atom. The molecule has 0 bridgehead atoms. The lowest BCUT2D eigenvalue weighted by Gasteiger charge is -1.97. The molecule has 0 unspecified atom stereocenters. The zero-order valence-electron chi connectivity index (χ0n) is 10.8. The first-order valence-electron chi connectivity index (χ1n) is 6.63. The molecule has 1 aliphatic rings. The number of ketones is 1. The SMILES string of the molecule is O=C1/C(=C/c2ccccc2)Cc2c1sc1ccccc21. The van der Waals surface area contributed by atoms with Gasteiger partial charge in [-0.15, -0.1) is 11.3 Å². The lowest BCUT2D eigenvalue weighted by atomic mass is 10.1. The smallest absolute Gasteiger partial charge is 0.199 e. The van der Waals surface area contributed by atoms with Crippen LogP contribution in [0.15, 0.2) is 60.2 Å². The van der Waals surface area contributed by atoms with E-state index in [0.717, 1.165) is 22.4 Å². The van der Waals surface area contributed by atoms with Crippen LogP contribution in [0.2, 0.25) is 0 Å². The molecule has 0 saturated heterocycles. The van der Waals surface area contributed by atoms with E-state index < -0.39 is 0 Å². The fourth-order valence-corrected chi connectivity index (χ4v) is 3.94. The molecule has 2 aromatic carbocycles. The Balaban J connectivity index is 1.81. The van der Waals surface area contributed by atoms with Crippen molar-refractivity contribution in [3.63, 3.8) is 0 Å². The molecule has 0 spiro atoms. The second-order valence-corrected chi connectivity index (χ2v) is 6.04. The first-order valence-corrected chi connectivity index (χ1v) is 7.45. The third kappa shape index (κ3) is 1.73. The van der Waals surface area contributed by atoms with E-state index in [2.05, 4.69) is 12.1 Å². The number of carbonyl (C=O) groups excluding carboxylic acids is 1. The predicted octanol–water partition coefficient (Wildman–Crippen LogP) is 4.72. The molecule has 0 N–H and O–H groups in total. The molecule has 96 valence electrons. The van der Waals surface area contributed by atoms with Gasteiger partial charge in [-0.1, -0.05) is 48.5 Å². The Bertz CT molecular complexity index is 840. The number of Topliss-reactive ketones (excluding diaryl/α,β-unsaturated/α-hetero) is 1. The van der Waals surface area contributed by atoms with Crippen LogP contribution in [0.3, 0.4) is 0 Å². The Kier molecular flexibility index (Phi) is 2.57. The summed E-state index contributed by atoms with van der Waals surface area (Å²) in [7, 11) is 0. The van der Waals surface area contributed by atoms with Crippen molar-refractivity contribution < 1.29 is 4.79 Å². The third-order valence-corrected chi connectivity index (χ3v) is 4.92. The van der Waals surface area contributed by atoms with Gasteiger partial charge in [-0.05, 0) is 28.7 Å². The van der Waals surface area contributed by atoms with Crippen molar-refractivity contribution in [3.05, 3.63) is 76.2 Å². The van der Waals surface area contributed by atoms with Crippen LogP contribution in [-0.4, -0.2) is 5.78 Å². The molecular weight excluding hydrogens is 264 g/mol. The largest absolute Gasteiger partial charge is 0.288 e. The number of rotatable bonds is 1. The quantitative estimate of drug-likeness (QED) is 0.587. The molecule has 2 heteroatoms. The van der Waals surface area contributed by atoms with E-state index in [9.17, 15) is 4.79 Å². The zero-order chi connectivity index (χ0) is 13.5. The van der Waals surface area contributed by atoms with Gasteiger partial charge in [-0.3, -0.25) is 4.79 Å². The molecule has 20 heavy (non-hydrogen) atoms. The molecule has 0 aliphatic heterocycles. The van der Waals surface area contributed by atoms with Crippen LogP contribution in [0, 0.1) is 0 Å². The Morgan fingerprint density at radius 1 is 0.950 bits per heavy atom. The Morgan fingerprint density at radius 2 is 1.70 bits per heavy atom. The zero-order valence-corrected chi connectivity index (χ0v) is 11.6. The third-order valence-electron chi connectivity index (χ3n) is 3.70. The van der Waals surface area contributed by atoms with E-state index in [-0.39, 0.29) is 5.78 Å². The molecule has 1 aromatic heterocycles. The van der Waals surface area contributed by atoms with Crippen LogP contribution in [0.1, 0.15) is 20.8 Å². The molecule has 0 atom stereocenters. The minimum atomic E-state index is 0.199. The molecule has 4 rings (SSSR count). The first-order chi connectivity index (χ1) is 9.83. The molecule has 1 nitrogen and oxygen atoms in total. The predicted molar refractivity (Wildman–Crippen MR) is 84.3 cm³/mol. The van der Waals surface area contributed by atoms with E-state index in [1.54, 1.807) is 11.3 Å². The highest BCUT2D eigenvalue weighted by molar-refractivity contribution is 7.21. The van der Waals surface area contributed by atoms with Crippen LogP contribution < -0.4 is 0 Å². The fourth-order valence-electron chi connectivity index (χ4n) is 2.74. The van der Waals surface area contributed by atoms with Crippen molar-refractivity contribution in [1.82, 2.24) is 0 Å². The maximum Gasteiger partial charge on any atom is 0.199 e. The number of fused-ring (bicyclic) bond motifs is 3. The maximum absolute atomic E-state index is 12.5. The van der Waals surface area contributed by atoms with Gasteiger partial charge < -0.3 is 0 Å². The minimum absolute atomic E-state index is 0.199. The van der Waals surface area contributed by atoms with Crippen molar-refractivity contribution in [2.24, 2.45) is 0 Å². The summed E-state index contributed by atoms with van der Waals surface area (Å²) in [6, 6.07) is 18.3. The summed E-state index contributed by atoms with van der Waals surface area (Å²) >= 11 is 1.62. The summed E-state index contributed by atoms with van der Waals surface area (Å²) in [5.74, 6) is 0.199. The van der Waals surface area contributed by atoms with Crippen LogP contribution >= 0.6 is 11.3 Å². The van der Waals surface area contributed by atoms with Gasteiger partial charge in [0.25, 0.3) is 0 Å². The van der Waals surface area contributed by atoms with Gasteiger partial charge >= 0.3 is 0 Å². The van der Waals surface area contributed by atoms with E-state index in [4.69, 9.17) is 0 Å². The highest BCUT2D eigenvalue weighted by Crippen LogP contribution is 2.39. The van der Waals surface area contributed by atoms with Gasteiger partial charge in [0.15, 0.2) is 5.78 Å². The second-order valence-electron chi connectivity index (χ2n) is 4.99. The van der Waals surface area contributed by atoms with Gasteiger partial charge in [0.1, 0.15) is 0 Å². The van der Waals surface area contributed by atoms with Crippen molar-refractivity contribution in [3.8, 4) is 0 Å². The van der Waals surface area contributed by atoms with Crippen molar-refractivity contribution in [2.75, 3.05) is 0 Å². The maximum atomic E-state index is 12.5. The Labute approximate surface area is 121 Å². The van der Waals surface area contributed by atoms with Crippen LogP contribution in [0.4, 0.5) is 0 Å². The normalized spacial score (nSPS) is 16.0. The Hall–Kier alpha value is -2.19. The van der Waals surface area contributed by atoms with Crippen molar-refractivity contribution in [2.45, 2.75) is 6.42 Å². The number of hydrogen-bond acceptors (Lipinski definition) is 2. The summed E-state index contributed by atoms with van der Waals surface area (Å²) in [5.41, 5.74) is 3.20. The minimum Gasteiger partial charge on any atom is -0.288 e. The van der Waals surface area contributed by atoms with E-state index in [0.29, 0.717) is 0 Å². The van der Waals surface area contributed by atoms with E-state index in [1.165, 1.54) is 15.6 Å². The van der Waals surface area contributed by atoms with Gasteiger partial charge in [0, 0.05) is 16.7 Å². The molecular formula is C18H12OS. The summed E-state index contributed by atoms with van der Waals surface area (Å²) in [6.45, 7) is 0. The highest BCUT2D eigenvalue weighted by atomic mass is 32.1. The van der Waals surface area contributed by atoms with Gasteiger partial charge in [-0.25, -0.2) is 0 Å². The molecule has 0 fully saturated rings. The molecule has 0 amide bonds.